The van der Waals surface area contributed by atoms with Gasteiger partial charge in [0.25, 0.3) is 0 Å². The van der Waals surface area contributed by atoms with Crippen LogP contribution >= 0.6 is 12.6 Å². The van der Waals surface area contributed by atoms with Crippen molar-refractivity contribution < 1.29 is 9.59 Å². The molecule has 4 rings (SSSR count). The smallest absolute Gasteiger partial charge is 0.173 e. The number of aldehydes is 1. The van der Waals surface area contributed by atoms with Gasteiger partial charge >= 0.3 is 0 Å². The number of rotatable bonds is 7. The molecule has 190 valence electrons. The number of carbonyl (C=O) groups is 2. The maximum Gasteiger partial charge on any atom is 0.173 e. The van der Waals surface area contributed by atoms with E-state index in [1.807, 2.05) is 18.2 Å². The molecule has 0 atom stereocenters. The van der Waals surface area contributed by atoms with E-state index < -0.39 is 0 Å². The first-order valence-electron chi connectivity index (χ1n) is 12.4. The molecular weight excluding hydrogens is 444 g/mol. The summed E-state index contributed by atoms with van der Waals surface area (Å²) in [6, 6.07) is 10.7. The number of aliphatic imine (C=N–C) groups is 1. The lowest BCUT2D eigenvalue weighted by Crippen LogP contribution is -2.29. The molecule has 0 unspecified atom stereocenters. The summed E-state index contributed by atoms with van der Waals surface area (Å²) < 4.78 is 0. The minimum atomic E-state index is 0.444. The molecule has 1 aliphatic heterocycles. The normalized spacial score (nSPS) is 18.2. The highest BCUT2D eigenvalue weighted by molar-refractivity contribution is 7.94. The molecule has 0 aromatic heterocycles. The molecule has 0 amide bonds. The molecule has 1 heterocycles. The van der Waals surface area contributed by atoms with Gasteiger partial charge in [-0.05, 0) is 56.5 Å². The summed E-state index contributed by atoms with van der Waals surface area (Å²) in [5.74, 6) is 0.818. The number of carbonyl (C=O) groups excluding carboxylic acids is 2. The number of likely N-dealkylation sites (N-methyl/N-ethyl adjacent to an activating group) is 1. The fourth-order valence-electron chi connectivity index (χ4n) is 4.17. The van der Waals surface area contributed by atoms with Crippen molar-refractivity contribution in [1.29, 1.82) is 0 Å². The SMILES string of the molecule is C=NC1=C(C2CCCC2)CN(C)CC1.NC1CCC1.O=CCCNCc1ccccc1.O=CS. The van der Waals surface area contributed by atoms with Crippen molar-refractivity contribution >= 4 is 31.3 Å². The predicted molar refractivity (Wildman–Crippen MR) is 147 cm³/mol. The second-order valence-corrected chi connectivity index (χ2v) is 9.22. The molecule has 1 aromatic rings. The van der Waals surface area contributed by atoms with Gasteiger partial charge in [-0.15, -0.1) is 12.6 Å². The molecule has 2 fully saturated rings. The van der Waals surface area contributed by atoms with Crippen LogP contribution in [0.1, 0.15) is 63.4 Å². The zero-order valence-corrected chi connectivity index (χ0v) is 21.7. The molecule has 3 aliphatic rings. The van der Waals surface area contributed by atoms with Crippen LogP contribution in [0, 0.1) is 5.92 Å². The van der Waals surface area contributed by atoms with Gasteiger partial charge < -0.3 is 20.7 Å². The summed E-state index contributed by atoms with van der Waals surface area (Å²) in [6.45, 7) is 7.58. The fraction of sp³-hybridized carbons (Fsp3) is 0.593. The third-order valence-corrected chi connectivity index (χ3v) is 6.34. The lowest BCUT2D eigenvalue weighted by atomic mass is 9.92. The van der Waals surface area contributed by atoms with E-state index in [0.717, 1.165) is 44.8 Å². The first-order chi connectivity index (χ1) is 16.5. The third kappa shape index (κ3) is 13.2. The van der Waals surface area contributed by atoms with Crippen molar-refractivity contribution in [2.75, 3.05) is 26.7 Å². The van der Waals surface area contributed by atoms with E-state index in [4.69, 9.17) is 10.5 Å². The zero-order valence-electron chi connectivity index (χ0n) is 20.8. The number of nitrogens with zero attached hydrogens (tertiary/aromatic N) is 2. The van der Waals surface area contributed by atoms with Crippen LogP contribution < -0.4 is 11.1 Å². The van der Waals surface area contributed by atoms with Gasteiger partial charge in [0.05, 0.1) is 0 Å². The van der Waals surface area contributed by atoms with E-state index in [9.17, 15) is 4.79 Å². The number of thiol groups is 1. The minimum absolute atomic E-state index is 0.444. The third-order valence-electron chi connectivity index (χ3n) is 6.34. The molecule has 3 N–H and O–H groups in total. The molecule has 2 aliphatic carbocycles. The largest absolute Gasteiger partial charge is 0.328 e. The number of benzene rings is 1. The van der Waals surface area contributed by atoms with Crippen LogP contribution in [0.5, 0.6) is 0 Å². The Bertz CT molecular complexity index is 717. The summed E-state index contributed by atoms with van der Waals surface area (Å²) in [5.41, 5.74) is 9.97. The van der Waals surface area contributed by atoms with E-state index in [-0.39, 0.29) is 0 Å². The average Bonchev–Trinajstić information content (AvgIpc) is 3.38. The quantitative estimate of drug-likeness (QED) is 0.229. The number of hydrogen-bond acceptors (Lipinski definition) is 6. The highest BCUT2D eigenvalue weighted by atomic mass is 32.1. The first kappa shape index (κ1) is 30.2. The lowest BCUT2D eigenvalue weighted by Gasteiger charge is -2.29. The van der Waals surface area contributed by atoms with Crippen molar-refractivity contribution in [3.8, 4) is 0 Å². The Hall–Kier alpha value is -1.80. The van der Waals surface area contributed by atoms with Gasteiger partial charge in [-0.2, -0.15) is 0 Å². The topological polar surface area (TPSA) is 87.8 Å². The van der Waals surface area contributed by atoms with Gasteiger partial charge in [0.2, 0.25) is 0 Å². The Morgan fingerprint density at radius 1 is 1.15 bits per heavy atom. The van der Waals surface area contributed by atoms with E-state index >= 15 is 0 Å². The Balaban J connectivity index is 0.000000261. The highest BCUT2D eigenvalue weighted by Crippen LogP contribution is 2.35. The Labute approximate surface area is 211 Å². The van der Waals surface area contributed by atoms with E-state index in [1.165, 1.54) is 56.2 Å². The van der Waals surface area contributed by atoms with Gasteiger partial charge in [-0.1, -0.05) is 49.6 Å². The van der Waals surface area contributed by atoms with E-state index in [1.54, 1.807) is 5.57 Å². The van der Waals surface area contributed by atoms with Crippen LogP contribution in [0.15, 0.2) is 46.6 Å². The molecule has 0 radical (unpaired) electrons. The predicted octanol–water partition coefficient (Wildman–Crippen LogP) is 4.44. The van der Waals surface area contributed by atoms with Crippen LogP contribution in [-0.2, 0) is 16.1 Å². The maximum atomic E-state index is 9.98. The second kappa shape index (κ2) is 19.5. The number of hydrogen-bond donors (Lipinski definition) is 3. The number of nitrogens with two attached hydrogens (primary N) is 1. The van der Waals surface area contributed by atoms with Crippen molar-refractivity contribution in [1.82, 2.24) is 10.2 Å². The Kier molecular flexibility index (Phi) is 17.3. The maximum absolute atomic E-state index is 9.98. The van der Waals surface area contributed by atoms with Crippen LogP contribution in [-0.4, -0.2) is 56.2 Å². The monoisotopic (exact) mass is 488 g/mol. The van der Waals surface area contributed by atoms with Crippen molar-refractivity contribution in [2.45, 2.75) is 70.4 Å². The van der Waals surface area contributed by atoms with Gasteiger partial charge in [0, 0.05) is 50.8 Å². The molecule has 0 spiro atoms. The van der Waals surface area contributed by atoms with Gasteiger partial charge in [-0.25, -0.2) is 0 Å². The Morgan fingerprint density at radius 2 is 1.76 bits per heavy atom. The lowest BCUT2D eigenvalue weighted by molar-refractivity contribution is -0.107. The molecular formula is C27H44N4O2S. The minimum Gasteiger partial charge on any atom is -0.328 e. The summed E-state index contributed by atoms with van der Waals surface area (Å²) >= 11 is 3.11. The van der Waals surface area contributed by atoms with Gasteiger partial charge in [0.1, 0.15) is 6.29 Å². The highest BCUT2D eigenvalue weighted by Gasteiger charge is 2.25. The molecule has 6 nitrogen and oxygen atoms in total. The molecule has 34 heavy (non-hydrogen) atoms. The molecule has 2 saturated carbocycles. The van der Waals surface area contributed by atoms with Crippen LogP contribution in [0.4, 0.5) is 0 Å². The fourth-order valence-corrected chi connectivity index (χ4v) is 4.17. The van der Waals surface area contributed by atoms with Gasteiger partial charge in [-0.3, -0.25) is 9.79 Å². The molecule has 1 aromatic carbocycles. The molecule has 0 bridgehead atoms. The summed E-state index contributed by atoms with van der Waals surface area (Å²) in [7, 11) is 2.20. The standard InChI is InChI=1S/C12H20N2.C10H13NO.C4H9N.CH2OS/c1-13-12-7-8-14(2)9-11(12)10-5-3-4-6-10;12-8-4-7-11-9-10-5-2-1-3-6-10;5-4-2-1-3-4;2-1-3/h10H,1,3-9H2,2H3;1-3,5-6,8,11H,4,7,9H2;4H,1-3,5H2;1H,(H,2,3). The number of nitrogens with one attached hydrogen (secondary N) is 1. The summed E-state index contributed by atoms with van der Waals surface area (Å²) in [6.07, 6.45) is 12.1. The van der Waals surface area contributed by atoms with Crippen LogP contribution in [0.25, 0.3) is 0 Å². The summed E-state index contributed by atoms with van der Waals surface area (Å²) in [5, 5.41) is 3.17. The molecule has 7 heteroatoms. The van der Waals surface area contributed by atoms with E-state index in [2.05, 4.69) is 53.7 Å². The van der Waals surface area contributed by atoms with E-state index in [0.29, 0.717) is 18.1 Å². The zero-order chi connectivity index (χ0) is 25.0. The van der Waals surface area contributed by atoms with Crippen molar-refractivity contribution in [2.24, 2.45) is 16.6 Å². The second-order valence-electron chi connectivity index (χ2n) is 9.01. The first-order valence-corrected chi connectivity index (χ1v) is 13.0. The van der Waals surface area contributed by atoms with Gasteiger partial charge in [0.15, 0.2) is 5.62 Å². The van der Waals surface area contributed by atoms with Crippen LogP contribution in [0.3, 0.4) is 0 Å². The summed E-state index contributed by atoms with van der Waals surface area (Å²) in [4.78, 5) is 25.3. The van der Waals surface area contributed by atoms with Crippen molar-refractivity contribution in [3.05, 3.63) is 47.2 Å². The average molecular weight is 489 g/mol. The van der Waals surface area contributed by atoms with Crippen molar-refractivity contribution in [3.63, 3.8) is 0 Å². The Morgan fingerprint density at radius 3 is 2.26 bits per heavy atom. The molecule has 0 saturated heterocycles. The van der Waals surface area contributed by atoms with Crippen LogP contribution in [0.2, 0.25) is 0 Å².